The van der Waals surface area contributed by atoms with Crippen LogP contribution < -0.4 is 5.32 Å². The molecular weight excluding hydrogens is 428 g/mol. The first-order chi connectivity index (χ1) is 14.2. The van der Waals surface area contributed by atoms with Crippen LogP contribution in [0, 0.1) is 0 Å². The summed E-state index contributed by atoms with van der Waals surface area (Å²) in [6.07, 6.45) is 6.78. The molecule has 0 radical (unpaired) electrons. The lowest BCUT2D eigenvalue weighted by molar-refractivity contribution is -0.114. The molecule has 4 aromatic rings. The van der Waals surface area contributed by atoms with Gasteiger partial charge < -0.3 is 5.32 Å². The number of fused-ring (bicyclic) bond motifs is 1. The van der Waals surface area contributed by atoms with Gasteiger partial charge in [0, 0.05) is 21.2 Å². The van der Waals surface area contributed by atoms with Gasteiger partial charge in [-0.15, -0.1) is 0 Å². The first kappa shape index (κ1) is 19.0. The number of allylic oxidation sites excluding steroid dienone is 1. The van der Waals surface area contributed by atoms with E-state index < -0.39 is 0 Å². The molecule has 29 heavy (non-hydrogen) atoms. The zero-order valence-corrected chi connectivity index (χ0v) is 17.0. The second kappa shape index (κ2) is 8.75. The van der Waals surface area contributed by atoms with E-state index in [9.17, 15) is 4.79 Å². The van der Waals surface area contributed by atoms with Crippen molar-refractivity contribution < 1.29 is 4.79 Å². The molecule has 142 valence electrons. The van der Waals surface area contributed by atoms with Crippen molar-refractivity contribution in [1.29, 1.82) is 0 Å². The Hall–Kier alpha value is -3.38. The fourth-order valence-corrected chi connectivity index (χ4v) is 3.29. The molecule has 0 aliphatic carbocycles. The molecule has 0 aliphatic rings. The zero-order chi connectivity index (χ0) is 20.1. The van der Waals surface area contributed by atoms with Gasteiger partial charge in [-0.2, -0.15) is 0 Å². The number of halogens is 1. The summed E-state index contributed by atoms with van der Waals surface area (Å²) in [4.78, 5) is 25.4. The van der Waals surface area contributed by atoms with Crippen LogP contribution >= 0.6 is 15.9 Å². The van der Waals surface area contributed by atoms with Gasteiger partial charge >= 0.3 is 0 Å². The topological polar surface area (TPSA) is 67.8 Å². The van der Waals surface area contributed by atoms with Gasteiger partial charge in [-0.1, -0.05) is 58.4 Å². The molecule has 0 saturated heterocycles. The van der Waals surface area contributed by atoms with Crippen LogP contribution in [-0.4, -0.2) is 20.7 Å². The highest BCUT2D eigenvalue weighted by Gasteiger charge is 2.09. The van der Waals surface area contributed by atoms with Crippen molar-refractivity contribution in [2.75, 3.05) is 5.32 Å². The Morgan fingerprint density at radius 1 is 1.00 bits per heavy atom. The number of carbonyl (C=O) groups is 1. The molecule has 0 saturated carbocycles. The largest absolute Gasteiger partial charge is 0.340 e. The van der Waals surface area contributed by atoms with Gasteiger partial charge in [0.25, 0.3) is 0 Å². The minimum Gasteiger partial charge on any atom is -0.340 e. The summed E-state index contributed by atoms with van der Waals surface area (Å²) in [5.74, 6) is 0.656. The van der Waals surface area contributed by atoms with Crippen LogP contribution in [0.25, 0.3) is 17.0 Å². The van der Waals surface area contributed by atoms with Gasteiger partial charge in [-0.3, -0.25) is 9.78 Å². The van der Waals surface area contributed by atoms with Crippen LogP contribution in [0.3, 0.4) is 0 Å². The molecule has 0 unspecified atom stereocenters. The number of nitrogens with one attached hydrogen (secondary N) is 1. The normalized spacial score (nSPS) is 11.1. The summed E-state index contributed by atoms with van der Waals surface area (Å²) in [6.45, 7) is 0. The highest BCUT2D eigenvalue weighted by molar-refractivity contribution is 9.10. The fraction of sp³-hybridized carbons (Fsp3) is 0.0435. The number of benzene rings is 2. The average molecular weight is 445 g/mol. The molecule has 2 aromatic heterocycles. The molecule has 2 heterocycles. The third-order valence-corrected chi connectivity index (χ3v) is 4.78. The third-order valence-electron chi connectivity index (χ3n) is 4.28. The number of nitrogens with zero attached hydrogens (tertiary/aromatic N) is 3. The number of aromatic nitrogens is 3. The van der Waals surface area contributed by atoms with E-state index in [0.29, 0.717) is 17.0 Å². The lowest BCUT2D eigenvalue weighted by Gasteiger charge is -2.09. The predicted octanol–water partition coefficient (Wildman–Crippen LogP) is 5.36. The van der Waals surface area contributed by atoms with E-state index in [1.807, 2.05) is 66.7 Å². The number of hydrogen-bond acceptors (Lipinski definition) is 5. The van der Waals surface area contributed by atoms with E-state index in [2.05, 4.69) is 36.2 Å². The molecule has 0 amide bonds. The van der Waals surface area contributed by atoms with Gasteiger partial charge in [0.1, 0.15) is 12.1 Å². The molecule has 6 heteroatoms. The van der Waals surface area contributed by atoms with Crippen molar-refractivity contribution in [3.05, 3.63) is 95.0 Å². The lowest BCUT2D eigenvalue weighted by atomic mass is 10.1. The summed E-state index contributed by atoms with van der Waals surface area (Å²) >= 11 is 3.47. The Bertz CT molecular complexity index is 1190. The quantitative estimate of drug-likeness (QED) is 0.405. The predicted molar refractivity (Wildman–Crippen MR) is 119 cm³/mol. The maximum atomic E-state index is 12.4. The van der Waals surface area contributed by atoms with Crippen LogP contribution in [0.15, 0.2) is 83.7 Å². The second-order valence-corrected chi connectivity index (χ2v) is 7.35. The SMILES string of the molecule is O=C(/C=C/c1ccccc1)Cc1cc2c(Nc3cccc(Br)c3)ncnc2cn1. The number of anilines is 2. The maximum absolute atomic E-state index is 12.4. The lowest BCUT2D eigenvalue weighted by Crippen LogP contribution is -2.02. The molecule has 0 bridgehead atoms. The summed E-state index contributed by atoms with van der Waals surface area (Å²) < 4.78 is 0.971. The van der Waals surface area contributed by atoms with Crippen molar-refractivity contribution in [1.82, 2.24) is 15.0 Å². The first-order valence-electron chi connectivity index (χ1n) is 9.05. The highest BCUT2D eigenvalue weighted by atomic mass is 79.9. The highest BCUT2D eigenvalue weighted by Crippen LogP contribution is 2.25. The van der Waals surface area contributed by atoms with E-state index in [1.54, 1.807) is 12.3 Å². The van der Waals surface area contributed by atoms with Gasteiger partial charge in [-0.05, 0) is 35.9 Å². The maximum Gasteiger partial charge on any atom is 0.161 e. The molecule has 0 aliphatic heterocycles. The number of ketones is 1. The third kappa shape index (κ3) is 4.92. The minimum atomic E-state index is -0.0148. The van der Waals surface area contributed by atoms with Gasteiger partial charge in [0.2, 0.25) is 0 Å². The van der Waals surface area contributed by atoms with Gasteiger partial charge in [-0.25, -0.2) is 9.97 Å². The van der Waals surface area contributed by atoms with Crippen LogP contribution in [0.5, 0.6) is 0 Å². The molecule has 0 spiro atoms. The van der Waals surface area contributed by atoms with E-state index in [-0.39, 0.29) is 12.2 Å². The number of pyridine rings is 1. The van der Waals surface area contributed by atoms with E-state index in [0.717, 1.165) is 21.1 Å². The fourth-order valence-electron chi connectivity index (χ4n) is 2.89. The van der Waals surface area contributed by atoms with Crippen molar-refractivity contribution in [2.45, 2.75) is 6.42 Å². The van der Waals surface area contributed by atoms with E-state index >= 15 is 0 Å². The minimum absolute atomic E-state index is 0.0148. The number of rotatable bonds is 6. The van der Waals surface area contributed by atoms with Gasteiger partial charge in [0.05, 0.1) is 18.1 Å². The zero-order valence-electron chi connectivity index (χ0n) is 15.4. The van der Waals surface area contributed by atoms with Gasteiger partial charge in [0.15, 0.2) is 5.78 Å². The summed E-state index contributed by atoms with van der Waals surface area (Å²) in [5, 5.41) is 4.12. The van der Waals surface area contributed by atoms with Crippen molar-refractivity contribution in [2.24, 2.45) is 0 Å². The summed E-state index contributed by atoms with van der Waals surface area (Å²) in [5.41, 5.74) is 3.28. The Labute approximate surface area is 176 Å². The Balaban J connectivity index is 1.56. The van der Waals surface area contributed by atoms with Crippen molar-refractivity contribution >= 4 is 50.2 Å². The molecule has 2 aromatic carbocycles. The van der Waals surface area contributed by atoms with Crippen LogP contribution in [0.1, 0.15) is 11.3 Å². The first-order valence-corrected chi connectivity index (χ1v) is 9.85. The molecule has 4 rings (SSSR count). The van der Waals surface area contributed by atoms with Crippen molar-refractivity contribution in [3.8, 4) is 0 Å². The molecule has 0 fully saturated rings. The number of hydrogen-bond donors (Lipinski definition) is 1. The van der Waals surface area contributed by atoms with Crippen molar-refractivity contribution in [3.63, 3.8) is 0 Å². The molecule has 0 atom stereocenters. The summed E-state index contributed by atoms with van der Waals surface area (Å²) in [6, 6.07) is 19.4. The molecule has 1 N–H and O–H groups in total. The number of carbonyl (C=O) groups excluding carboxylic acids is 1. The standard InChI is InChI=1S/C23H17BrN4O/c24-17-7-4-8-18(11-17)28-23-21-13-19(25-14-22(21)26-15-27-23)12-20(29)10-9-16-5-2-1-3-6-16/h1-11,13-15H,12H2,(H,26,27,28)/b10-9+. The Kier molecular flexibility index (Phi) is 5.72. The van der Waals surface area contributed by atoms with E-state index in [1.165, 1.54) is 6.33 Å². The van der Waals surface area contributed by atoms with E-state index in [4.69, 9.17) is 0 Å². The second-order valence-electron chi connectivity index (χ2n) is 6.44. The summed E-state index contributed by atoms with van der Waals surface area (Å²) in [7, 11) is 0. The average Bonchev–Trinajstić information content (AvgIpc) is 2.73. The van der Waals surface area contributed by atoms with Crippen LogP contribution in [-0.2, 0) is 11.2 Å². The molecule has 5 nitrogen and oxygen atoms in total. The Morgan fingerprint density at radius 2 is 1.86 bits per heavy atom. The van der Waals surface area contributed by atoms with Crippen LogP contribution in [0.4, 0.5) is 11.5 Å². The molecular formula is C23H17BrN4O. The smallest absolute Gasteiger partial charge is 0.161 e. The van der Waals surface area contributed by atoms with Crippen LogP contribution in [0.2, 0.25) is 0 Å². The Morgan fingerprint density at radius 3 is 2.69 bits per heavy atom. The monoisotopic (exact) mass is 444 g/mol.